The molecule has 0 spiro atoms. The maximum atomic E-state index is 13.0. The van der Waals surface area contributed by atoms with Gasteiger partial charge < -0.3 is 20.1 Å². The Morgan fingerprint density at radius 2 is 2.09 bits per heavy atom. The maximum absolute atomic E-state index is 13.0. The van der Waals surface area contributed by atoms with E-state index in [0.717, 1.165) is 12.8 Å². The summed E-state index contributed by atoms with van der Waals surface area (Å²) in [6.45, 7) is 3.15. The molecule has 0 unspecified atom stereocenters. The number of amides is 1. The molecule has 3 aromatic heterocycles. The van der Waals surface area contributed by atoms with E-state index >= 15 is 0 Å². The lowest BCUT2D eigenvalue weighted by Gasteiger charge is -2.12. The number of fused-ring (bicyclic) bond motifs is 1. The number of carbonyl (C=O) groups is 2. The van der Waals surface area contributed by atoms with Gasteiger partial charge in [0, 0.05) is 30.2 Å². The first-order chi connectivity index (χ1) is 15.5. The standard InChI is InChI=1S/C21H23N5O5S/c1-3-31-7-6-26-20(28)18-15(11-32-16(18)10-23-26)24-14-8-17(25-19(27)12-4-5-12)22-9-13(14)21(29)30-2/h8-12H,3-7H2,1-2H3,(H2,22,24,25,27). The van der Waals surface area contributed by atoms with Crippen LogP contribution >= 0.6 is 11.3 Å². The minimum atomic E-state index is -0.588. The zero-order chi connectivity index (χ0) is 22.7. The van der Waals surface area contributed by atoms with Crippen molar-refractivity contribution in [3.05, 3.63) is 39.8 Å². The summed E-state index contributed by atoms with van der Waals surface area (Å²) >= 11 is 1.36. The number of nitrogens with one attached hydrogen (secondary N) is 2. The lowest BCUT2D eigenvalue weighted by atomic mass is 10.2. The third-order valence-corrected chi connectivity index (χ3v) is 5.93. The van der Waals surface area contributed by atoms with Gasteiger partial charge in [0.1, 0.15) is 11.4 Å². The quantitative estimate of drug-likeness (QED) is 0.371. The van der Waals surface area contributed by atoms with Gasteiger partial charge in [0.25, 0.3) is 5.56 Å². The molecule has 1 amide bonds. The summed E-state index contributed by atoms with van der Waals surface area (Å²) in [4.78, 5) is 41.6. The van der Waals surface area contributed by atoms with Gasteiger partial charge in [-0.3, -0.25) is 9.59 Å². The zero-order valence-electron chi connectivity index (χ0n) is 17.7. The van der Waals surface area contributed by atoms with Crippen molar-refractivity contribution in [3.63, 3.8) is 0 Å². The number of anilines is 3. The molecule has 0 radical (unpaired) electrons. The van der Waals surface area contributed by atoms with E-state index in [4.69, 9.17) is 9.47 Å². The van der Waals surface area contributed by atoms with Crippen LogP contribution in [0.3, 0.4) is 0 Å². The van der Waals surface area contributed by atoms with Crippen LogP contribution in [0.2, 0.25) is 0 Å². The summed E-state index contributed by atoms with van der Waals surface area (Å²) in [6, 6.07) is 1.56. The molecule has 0 aromatic carbocycles. The predicted octanol–water partition coefficient (Wildman–Crippen LogP) is 2.77. The molecular formula is C21H23N5O5S. The van der Waals surface area contributed by atoms with Crippen LogP contribution < -0.4 is 16.2 Å². The van der Waals surface area contributed by atoms with E-state index in [2.05, 4.69) is 20.7 Å². The number of carbonyl (C=O) groups excluding carboxylic acids is 2. The molecule has 0 aliphatic heterocycles. The highest BCUT2D eigenvalue weighted by molar-refractivity contribution is 7.17. The molecule has 10 nitrogen and oxygen atoms in total. The van der Waals surface area contributed by atoms with Gasteiger partial charge in [-0.25, -0.2) is 14.5 Å². The third-order valence-electron chi connectivity index (χ3n) is 5.01. The van der Waals surface area contributed by atoms with Gasteiger partial charge in [-0.1, -0.05) is 0 Å². The normalized spacial score (nSPS) is 13.2. The van der Waals surface area contributed by atoms with Crippen molar-refractivity contribution >= 4 is 50.5 Å². The molecule has 0 bridgehead atoms. The van der Waals surface area contributed by atoms with Gasteiger partial charge in [0.15, 0.2) is 0 Å². The average molecular weight is 458 g/mol. The average Bonchev–Trinajstić information content (AvgIpc) is 3.57. The molecule has 3 heterocycles. The number of ether oxygens (including phenoxy) is 2. The maximum Gasteiger partial charge on any atom is 0.341 e. The molecule has 0 atom stereocenters. The lowest BCUT2D eigenvalue weighted by molar-refractivity contribution is -0.117. The third kappa shape index (κ3) is 4.63. The first-order valence-electron chi connectivity index (χ1n) is 10.2. The van der Waals surface area contributed by atoms with E-state index in [0.29, 0.717) is 47.0 Å². The van der Waals surface area contributed by atoms with E-state index in [1.165, 1.54) is 29.3 Å². The van der Waals surface area contributed by atoms with Crippen molar-refractivity contribution in [2.45, 2.75) is 26.3 Å². The van der Waals surface area contributed by atoms with Crippen LogP contribution in [0, 0.1) is 5.92 Å². The smallest absolute Gasteiger partial charge is 0.341 e. The fraction of sp³-hybridized carbons (Fsp3) is 0.381. The molecule has 32 heavy (non-hydrogen) atoms. The number of hydrogen-bond donors (Lipinski definition) is 2. The number of esters is 1. The first kappa shape index (κ1) is 21.9. The Hall–Kier alpha value is -3.31. The second-order valence-electron chi connectivity index (χ2n) is 7.25. The fourth-order valence-electron chi connectivity index (χ4n) is 3.16. The van der Waals surface area contributed by atoms with E-state index in [1.54, 1.807) is 17.6 Å². The predicted molar refractivity (Wildman–Crippen MR) is 121 cm³/mol. The van der Waals surface area contributed by atoms with Crippen LogP contribution in [-0.4, -0.2) is 47.0 Å². The second-order valence-corrected chi connectivity index (χ2v) is 8.16. The Morgan fingerprint density at radius 1 is 1.28 bits per heavy atom. The van der Waals surface area contributed by atoms with Crippen LogP contribution in [-0.2, 0) is 20.8 Å². The molecule has 2 N–H and O–H groups in total. The van der Waals surface area contributed by atoms with E-state index < -0.39 is 5.97 Å². The molecule has 1 aliphatic carbocycles. The van der Waals surface area contributed by atoms with E-state index in [-0.39, 0.29) is 22.9 Å². The molecule has 168 valence electrons. The van der Waals surface area contributed by atoms with Gasteiger partial charge in [-0.2, -0.15) is 5.10 Å². The first-order valence-corrected chi connectivity index (χ1v) is 11.1. The van der Waals surface area contributed by atoms with Gasteiger partial charge in [0.2, 0.25) is 5.91 Å². The topological polar surface area (TPSA) is 124 Å². The summed E-state index contributed by atoms with van der Waals surface area (Å²) in [6.07, 6.45) is 4.70. The summed E-state index contributed by atoms with van der Waals surface area (Å²) in [5.41, 5.74) is 0.817. The van der Waals surface area contributed by atoms with Gasteiger partial charge in [-0.15, -0.1) is 11.3 Å². The van der Waals surface area contributed by atoms with Crippen LogP contribution in [0.25, 0.3) is 10.1 Å². The number of hydrogen-bond acceptors (Lipinski definition) is 9. The highest BCUT2D eigenvalue weighted by Crippen LogP contribution is 2.33. The Labute approximate surface area is 187 Å². The van der Waals surface area contributed by atoms with Crippen molar-refractivity contribution in [3.8, 4) is 0 Å². The molecule has 11 heteroatoms. The Balaban J connectivity index is 1.68. The largest absolute Gasteiger partial charge is 0.465 e. The van der Waals surface area contributed by atoms with Crippen molar-refractivity contribution in [1.82, 2.24) is 14.8 Å². The van der Waals surface area contributed by atoms with Crippen molar-refractivity contribution in [1.29, 1.82) is 0 Å². The Bertz CT molecular complexity index is 1220. The lowest BCUT2D eigenvalue weighted by Crippen LogP contribution is -2.24. The molecule has 4 rings (SSSR count). The zero-order valence-corrected chi connectivity index (χ0v) is 18.5. The number of rotatable bonds is 9. The number of pyridine rings is 1. The molecule has 1 aliphatic rings. The summed E-state index contributed by atoms with van der Waals surface area (Å²) in [7, 11) is 1.28. The second kappa shape index (κ2) is 9.45. The number of nitrogens with zero attached hydrogens (tertiary/aromatic N) is 3. The van der Waals surface area contributed by atoms with Crippen LogP contribution in [0.4, 0.5) is 17.2 Å². The van der Waals surface area contributed by atoms with Crippen molar-refractivity contribution in [2.24, 2.45) is 5.92 Å². The molecule has 0 saturated heterocycles. The van der Waals surface area contributed by atoms with Gasteiger partial charge >= 0.3 is 5.97 Å². The van der Waals surface area contributed by atoms with Crippen molar-refractivity contribution in [2.75, 3.05) is 31.0 Å². The van der Waals surface area contributed by atoms with Crippen LogP contribution in [0.15, 0.2) is 28.6 Å². The molecular weight excluding hydrogens is 434 g/mol. The summed E-state index contributed by atoms with van der Waals surface area (Å²) in [5.74, 6) is -0.363. The van der Waals surface area contributed by atoms with Crippen LogP contribution in [0.1, 0.15) is 30.1 Å². The minimum absolute atomic E-state index is 0.0111. The van der Waals surface area contributed by atoms with Gasteiger partial charge in [-0.05, 0) is 19.8 Å². The molecule has 1 fully saturated rings. The fourth-order valence-corrected chi connectivity index (χ4v) is 4.00. The SMILES string of the molecule is CCOCCn1ncc2scc(Nc3cc(NC(=O)C4CC4)ncc3C(=O)OC)c2c1=O. The van der Waals surface area contributed by atoms with Crippen molar-refractivity contribution < 1.29 is 19.1 Å². The number of methoxy groups -OCH3 is 1. The van der Waals surface area contributed by atoms with Gasteiger partial charge in [0.05, 0.1) is 47.9 Å². The molecule has 1 saturated carbocycles. The van der Waals surface area contributed by atoms with E-state index in [1.807, 2.05) is 6.92 Å². The summed E-state index contributed by atoms with van der Waals surface area (Å²) in [5, 5.41) is 12.4. The number of aromatic nitrogens is 3. The monoisotopic (exact) mass is 457 g/mol. The highest BCUT2D eigenvalue weighted by atomic mass is 32.1. The minimum Gasteiger partial charge on any atom is -0.465 e. The molecule has 3 aromatic rings. The van der Waals surface area contributed by atoms with Crippen LogP contribution in [0.5, 0.6) is 0 Å². The summed E-state index contributed by atoms with van der Waals surface area (Å²) < 4.78 is 12.2. The number of thiophene rings is 1. The highest BCUT2D eigenvalue weighted by Gasteiger charge is 2.30. The van der Waals surface area contributed by atoms with E-state index in [9.17, 15) is 14.4 Å². The Morgan fingerprint density at radius 3 is 2.81 bits per heavy atom. The Kier molecular flexibility index (Phi) is 6.47.